The highest BCUT2D eigenvalue weighted by atomic mass is 32.1. The van der Waals surface area contributed by atoms with Gasteiger partial charge >= 0.3 is 0 Å². The smallest absolute Gasteiger partial charge is 0.231 e. The Balaban J connectivity index is 1.71. The predicted molar refractivity (Wildman–Crippen MR) is 85.7 cm³/mol. The minimum atomic E-state index is 0.274. The predicted octanol–water partition coefficient (Wildman–Crippen LogP) is 4.21. The van der Waals surface area contributed by atoms with Crippen LogP contribution in [0.4, 0.5) is 0 Å². The highest BCUT2D eigenvalue weighted by Crippen LogP contribution is 2.43. The zero-order chi connectivity index (χ0) is 14.9. The highest BCUT2D eigenvalue weighted by Gasteiger charge is 2.19. The van der Waals surface area contributed by atoms with Crippen molar-refractivity contribution in [1.82, 2.24) is 4.37 Å². The lowest BCUT2D eigenvalue weighted by Gasteiger charge is -2.02. The van der Waals surface area contributed by atoms with Gasteiger partial charge in [0.15, 0.2) is 11.5 Å². The number of aromatic nitrogens is 1. The molecule has 1 aliphatic rings. The molecule has 4 nitrogen and oxygen atoms in total. The van der Waals surface area contributed by atoms with Gasteiger partial charge in [0.1, 0.15) is 5.75 Å². The molecule has 5 heteroatoms. The fourth-order valence-corrected chi connectivity index (χ4v) is 3.20. The summed E-state index contributed by atoms with van der Waals surface area (Å²) in [7, 11) is 1.66. The van der Waals surface area contributed by atoms with Crippen LogP contribution in [0.3, 0.4) is 0 Å². The van der Waals surface area contributed by atoms with Crippen LogP contribution < -0.4 is 14.2 Å². The number of hydrogen-bond donors (Lipinski definition) is 0. The van der Waals surface area contributed by atoms with Gasteiger partial charge in [0.05, 0.1) is 17.7 Å². The average Bonchev–Trinajstić information content (AvgIpc) is 3.24. The quantitative estimate of drug-likeness (QED) is 0.726. The second-order valence-electron chi connectivity index (χ2n) is 4.84. The molecule has 3 aromatic rings. The fourth-order valence-electron chi connectivity index (χ4n) is 2.42. The first-order valence-electron chi connectivity index (χ1n) is 6.85. The van der Waals surface area contributed by atoms with E-state index >= 15 is 0 Å². The molecule has 2 aromatic carbocycles. The summed E-state index contributed by atoms with van der Waals surface area (Å²) >= 11 is 1.46. The molecule has 1 aromatic heterocycles. The molecule has 0 atom stereocenters. The number of hydrogen-bond acceptors (Lipinski definition) is 5. The van der Waals surface area contributed by atoms with E-state index in [1.54, 1.807) is 7.11 Å². The summed E-state index contributed by atoms with van der Waals surface area (Å²) in [5, 5.41) is 0. The minimum Gasteiger partial charge on any atom is -0.497 e. The van der Waals surface area contributed by atoms with Gasteiger partial charge in [0.25, 0.3) is 0 Å². The van der Waals surface area contributed by atoms with E-state index in [1.165, 1.54) is 11.5 Å². The summed E-state index contributed by atoms with van der Waals surface area (Å²) < 4.78 is 20.7. The van der Waals surface area contributed by atoms with Gasteiger partial charge < -0.3 is 14.2 Å². The maximum atomic E-state index is 5.57. The molecule has 0 fully saturated rings. The maximum absolute atomic E-state index is 5.57. The van der Waals surface area contributed by atoms with E-state index in [0.717, 1.165) is 38.9 Å². The van der Waals surface area contributed by atoms with Crippen LogP contribution in [0.2, 0.25) is 0 Å². The largest absolute Gasteiger partial charge is 0.497 e. The Hall–Kier alpha value is -2.53. The Morgan fingerprint density at radius 1 is 1.09 bits per heavy atom. The van der Waals surface area contributed by atoms with Gasteiger partial charge in [-0.15, -0.1) is 0 Å². The van der Waals surface area contributed by atoms with Crippen molar-refractivity contribution in [3.05, 3.63) is 48.5 Å². The third-order valence-corrected chi connectivity index (χ3v) is 4.38. The van der Waals surface area contributed by atoms with Crippen molar-refractivity contribution in [3.63, 3.8) is 0 Å². The molecule has 4 rings (SSSR count). The molecular formula is C17H13NO3S. The summed E-state index contributed by atoms with van der Waals surface area (Å²) in [6.45, 7) is 0.274. The van der Waals surface area contributed by atoms with E-state index in [0.29, 0.717) is 0 Å². The molecule has 110 valence electrons. The first-order valence-corrected chi connectivity index (χ1v) is 7.62. The second-order valence-corrected chi connectivity index (χ2v) is 5.65. The lowest BCUT2D eigenvalue weighted by Crippen LogP contribution is -1.93. The van der Waals surface area contributed by atoms with E-state index in [1.807, 2.05) is 42.5 Å². The average molecular weight is 311 g/mol. The van der Waals surface area contributed by atoms with Crippen molar-refractivity contribution in [3.8, 4) is 38.9 Å². The summed E-state index contributed by atoms with van der Waals surface area (Å²) in [6, 6.07) is 15.9. The number of nitrogens with zero attached hydrogens (tertiary/aromatic N) is 1. The Labute approximate surface area is 132 Å². The van der Waals surface area contributed by atoms with E-state index in [9.17, 15) is 0 Å². The molecule has 1 aliphatic heterocycles. The normalized spacial score (nSPS) is 12.4. The van der Waals surface area contributed by atoms with Crippen molar-refractivity contribution in [2.45, 2.75) is 0 Å². The number of fused-ring (bicyclic) bond motifs is 1. The summed E-state index contributed by atoms with van der Waals surface area (Å²) in [4.78, 5) is 1.06. The van der Waals surface area contributed by atoms with Crippen molar-refractivity contribution >= 4 is 11.5 Å². The number of ether oxygens (including phenoxy) is 3. The van der Waals surface area contributed by atoms with Crippen LogP contribution >= 0.6 is 11.5 Å². The molecule has 0 radical (unpaired) electrons. The van der Waals surface area contributed by atoms with Crippen LogP contribution in [0, 0.1) is 0 Å². The molecule has 22 heavy (non-hydrogen) atoms. The molecule has 0 saturated heterocycles. The molecule has 0 bridgehead atoms. The number of rotatable bonds is 3. The molecule has 0 unspecified atom stereocenters. The lowest BCUT2D eigenvalue weighted by molar-refractivity contribution is 0.174. The summed E-state index contributed by atoms with van der Waals surface area (Å²) in [6.07, 6.45) is 0. The molecule has 0 spiro atoms. The van der Waals surface area contributed by atoms with Gasteiger partial charge in [0.2, 0.25) is 6.79 Å². The van der Waals surface area contributed by atoms with Crippen molar-refractivity contribution in [2.24, 2.45) is 0 Å². The van der Waals surface area contributed by atoms with Crippen LogP contribution in [0.5, 0.6) is 17.2 Å². The second kappa shape index (κ2) is 5.35. The highest BCUT2D eigenvalue weighted by molar-refractivity contribution is 7.09. The molecule has 0 saturated carbocycles. The van der Waals surface area contributed by atoms with E-state index in [4.69, 9.17) is 14.2 Å². The van der Waals surface area contributed by atoms with Gasteiger partial charge in [-0.25, -0.2) is 0 Å². The van der Waals surface area contributed by atoms with Gasteiger partial charge in [0, 0.05) is 11.1 Å². The summed E-state index contributed by atoms with van der Waals surface area (Å²) in [5.74, 6) is 2.43. The zero-order valence-electron chi connectivity index (χ0n) is 11.9. The van der Waals surface area contributed by atoms with Crippen molar-refractivity contribution < 1.29 is 14.2 Å². The van der Waals surface area contributed by atoms with E-state index < -0.39 is 0 Å². The lowest BCUT2D eigenvalue weighted by atomic mass is 10.1. The van der Waals surface area contributed by atoms with Crippen LogP contribution in [0.15, 0.2) is 48.5 Å². The maximum Gasteiger partial charge on any atom is 0.231 e. The Morgan fingerprint density at radius 2 is 1.95 bits per heavy atom. The van der Waals surface area contributed by atoms with Crippen molar-refractivity contribution in [2.75, 3.05) is 13.9 Å². The van der Waals surface area contributed by atoms with Gasteiger partial charge in [-0.3, -0.25) is 0 Å². The molecule has 2 heterocycles. The summed E-state index contributed by atoms with van der Waals surface area (Å²) in [5.41, 5.74) is 3.03. The SMILES string of the molecule is COc1ccc(-c2cc(-c3cccc4c3OCO4)sn2)cc1. The molecule has 0 N–H and O–H groups in total. The fraction of sp³-hybridized carbons (Fsp3) is 0.118. The van der Waals surface area contributed by atoms with E-state index in [2.05, 4.69) is 10.4 Å². The van der Waals surface area contributed by atoms with Crippen LogP contribution in [-0.4, -0.2) is 18.3 Å². The standard InChI is InChI=1S/C17H13NO3S/c1-19-12-7-5-11(6-8-12)14-9-16(22-18-14)13-3-2-4-15-17(13)21-10-20-15/h2-9H,10H2,1H3. The van der Waals surface area contributed by atoms with Crippen molar-refractivity contribution in [1.29, 1.82) is 0 Å². The van der Waals surface area contributed by atoms with Crippen LogP contribution in [0.1, 0.15) is 0 Å². The Bertz CT molecular complexity index is 811. The van der Waals surface area contributed by atoms with Gasteiger partial charge in [-0.05, 0) is 54.0 Å². The van der Waals surface area contributed by atoms with Crippen LogP contribution in [-0.2, 0) is 0 Å². The van der Waals surface area contributed by atoms with Gasteiger partial charge in [-0.2, -0.15) is 4.37 Å². The van der Waals surface area contributed by atoms with E-state index in [-0.39, 0.29) is 6.79 Å². The minimum absolute atomic E-state index is 0.274. The number of benzene rings is 2. The van der Waals surface area contributed by atoms with Gasteiger partial charge in [-0.1, -0.05) is 6.07 Å². The first kappa shape index (κ1) is 13.2. The zero-order valence-corrected chi connectivity index (χ0v) is 12.7. The topological polar surface area (TPSA) is 40.6 Å². The molecular weight excluding hydrogens is 298 g/mol. The third-order valence-electron chi connectivity index (χ3n) is 3.56. The Kier molecular flexibility index (Phi) is 3.20. The number of methoxy groups -OCH3 is 1. The third kappa shape index (κ3) is 2.19. The number of para-hydroxylation sites is 1. The van der Waals surface area contributed by atoms with Crippen LogP contribution in [0.25, 0.3) is 21.7 Å². The monoisotopic (exact) mass is 311 g/mol. The molecule has 0 amide bonds. The molecule has 0 aliphatic carbocycles. The Morgan fingerprint density at radius 3 is 2.77 bits per heavy atom. The first-order chi connectivity index (χ1) is 10.8.